The van der Waals surface area contributed by atoms with Crippen LogP contribution in [0.3, 0.4) is 0 Å². The molecule has 7 nitrogen and oxygen atoms in total. The van der Waals surface area contributed by atoms with E-state index in [4.69, 9.17) is 9.47 Å². The molecule has 1 aliphatic rings. The highest BCUT2D eigenvalue weighted by Crippen LogP contribution is 2.34. The maximum atomic E-state index is 12.7. The number of rotatable bonds is 5. The molecule has 0 aromatic heterocycles. The first kappa shape index (κ1) is 19.0. The van der Waals surface area contributed by atoms with E-state index in [2.05, 4.69) is 5.32 Å². The molecule has 0 saturated heterocycles. The van der Waals surface area contributed by atoms with Crippen LogP contribution in [0, 0.1) is 0 Å². The summed E-state index contributed by atoms with van der Waals surface area (Å²) in [6.07, 6.45) is 0.582. The number of carbonyl (C=O) groups excluding carboxylic acids is 1. The van der Waals surface area contributed by atoms with E-state index in [0.29, 0.717) is 23.7 Å². The van der Waals surface area contributed by atoms with Crippen molar-refractivity contribution >= 4 is 27.3 Å². The molecule has 8 heteroatoms. The van der Waals surface area contributed by atoms with Gasteiger partial charge in [0.25, 0.3) is 5.91 Å². The van der Waals surface area contributed by atoms with Gasteiger partial charge in [-0.15, -0.1) is 0 Å². The number of anilines is 2. The first-order chi connectivity index (χ1) is 12.9. The molecule has 2 aromatic carbocycles. The van der Waals surface area contributed by atoms with Gasteiger partial charge in [0, 0.05) is 18.7 Å². The number of sulfonamides is 1. The van der Waals surface area contributed by atoms with Crippen LogP contribution < -0.4 is 19.1 Å². The van der Waals surface area contributed by atoms with Crippen LogP contribution >= 0.6 is 0 Å². The molecule has 1 atom stereocenters. The first-order valence-corrected chi connectivity index (χ1v) is 10.5. The molecular weight excluding hydrogens is 368 g/mol. The Labute approximate surface area is 158 Å². The average Bonchev–Trinajstić information content (AvgIpc) is 2.83. The van der Waals surface area contributed by atoms with Crippen molar-refractivity contribution in [2.24, 2.45) is 0 Å². The lowest BCUT2D eigenvalue weighted by atomic mass is 10.2. The summed E-state index contributed by atoms with van der Waals surface area (Å²) in [6.45, 7) is 2.63. The number of fused-ring (bicyclic) bond motifs is 1. The van der Waals surface area contributed by atoms with Gasteiger partial charge in [0.2, 0.25) is 10.0 Å². The van der Waals surface area contributed by atoms with Crippen LogP contribution in [0.5, 0.6) is 11.5 Å². The van der Waals surface area contributed by atoms with Crippen LogP contribution in [0.4, 0.5) is 11.4 Å². The van der Waals surface area contributed by atoms with Gasteiger partial charge in [-0.1, -0.05) is 12.1 Å². The fourth-order valence-corrected chi connectivity index (χ4v) is 3.83. The van der Waals surface area contributed by atoms with E-state index >= 15 is 0 Å². The Kier molecular flexibility index (Phi) is 5.55. The average molecular weight is 390 g/mol. The van der Waals surface area contributed by atoms with E-state index in [9.17, 15) is 13.2 Å². The number of nitrogens with one attached hydrogen (secondary N) is 1. The molecule has 1 amide bonds. The van der Waals surface area contributed by atoms with Crippen molar-refractivity contribution in [3.05, 3.63) is 48.5 Å². The quantitative estimate of drug-likeness (QED) is 0.848. The fraction of sp³-hybridized carbons (Fsp3) is 0.316. The monoisotopic (exact) mass is 390 g/mol. The minimum absolute atomic E-state index is 0.164. The predicted molar refractivity (Wildman–Crippen MR) is 104 cm³/mol. The summed E-state index contributed by atoms with van der Waals surface area (Å²) in [7, 11) is -3.47. The van der Waals surface area contributed by atoms with E-state index in [1.165, 1.54) is 4.31 Å². The summed E-state index contributed by atoms with van der Waals surface area (Å²) in [6, 6.07) is 13.8. The van der Waals surface area contributed by atoms with Crippen LogP contribution in [0.15, 0.2) is 48.5 Å². The van der Waals surface area contributed by atoms with Gasteiger partial charge in [0.15, 0.2) is 6.10 Å². The topological polar surface area (TPSA) is 84.9 Å². The van der Waals surface area contributed by atoms with Crippen LogP contribution in [0.1, 0.15) is 13.3 Å². The molecule has 3 rings (SSSR count). The number of ether oxygens (including phenoxy) is 2. The molecule has 0 fully saturated rings. The lowest BCUT2D eigenvalue weighted by Gasteiger charge is -2.20. The Morgan fingerprint density at radius 2 is 1.93 bits per heavy atom. The Morgan fingerprint density at radius 3 is 2.59 bits per heavy atom. The molecule has 0 radical (unpaired) electrons. The van der Waals surface area contributed by atoms with Gasteiger partial charge in [-0.05, 0) is 43.3 Å². The zero-order chi connectivity index (χ0) is 19.4. The highest BCUT2D eigenvalue weighted by molar-refractivity contribution is 7.92. The third-order valence-corrected chi connectivity index (χ3v) is 5.30. The predicted octanol–water partition coefficient (Wildman–Crippen LogP) is 2.64. The molecular formula is C19H22N2O5S. The van der Waals surface area contributed by atoms with Gasteiger partial charge < -0.3 is 14.8 Å². The Hall–Kier alpha value is -2.74. The number of para-hydroxylation sites is 2. The van der Waals surface area contributed by atoms with Gasteiger partial charge in [-0.2, -0.15) is 0 Å². The summed E-state index contributed by atoms with van der Waals surface area (Å²) in [5.74, 6) is 0.760. The maximum Gasteiger partial charge on any atom is 0.265 e. The molecule has 0 bridgehead atoms. The third kappa shape index (κ3) is 4.51. The van der Waals surface area contributed by atoms with E-state index in [1.54, 1.807) is 48.5 Å². The van der Waals surface area contributed by atoms with Gasteiger partial charge in [-0.3, -0.25) is 9.10 Å². The maximum absolute atomic E-state index is 12.7. The van der Waals surface area contributed by atoms with Gasteiger partial charge in [-0.25, -0.2) is 8.42 Å². The molecule has 2 aromatic rings. The third-order valence-electron chi connectivity index (χ3n) is 4.12. The van der Waals surface area contributed by atoms with Crippen molar-refractivity contribution in [2.75, 3.05) is 29.0 Å². The summed E-state index contributed by atoms with van der Waals surface area (Å²) in [5.41, 5.74) is 1.06. The Morgan fingerprint density at radius 1 is 1.22 bits per heavy atom. The standard InChI is InChI=1S/C19H22N2O5S/c1-3-25-15-10-8-14(9-11-15)20-19(22)18-12-13-21(27(2,23)24)16-6-4-5-7-17(16)26-18/h4-11,18H,3,12-13H2,1-2H3,(H,20,22)/t18-/m1/s1. The van der Waals surface area contributed by atoms with Crippen LogP contribution in [-0.2, 0) is 14.8 Å². The lowest BCUT2D eigenvalue weighted by Crippen LogP contribution is -2.35. The van der Waals surface area contributed by atoms with E-state index in [-0.39, 0.29) is 18.9 Å². The largest absolute Gasteiger partial charge is 0.494 e. The van der Waals surface area contributed by atoms with E-state index in [1.807, 2.05) is 6.92 Å². The van der Waals surface area contributed by atoms with Crippen LogP contribution in [0.25, 0.3) is 0 Å². The zero-order valence-corrected chi connectivity index (χ0v) is 16.0. The summed E-state index contributed by atoms with van der Waals surface area (Å²) < 4.78 is 36.7. The molecule has 0 aliphatic carbocycles. The van der Waals surface area contributed by atoms with Crippen LogP contribution in [0.2, 0.25) is 0 Å². The Balaban J connectivity index is 1.77. The second kappa shape index (κ2) is 7.87. The van der Waals surface area contributed by atoms with Crippen molar-refractivity contribution in [1.82, 2.24) is 0 Å². The normalized spacial score (nSPS) is 16.7. The number of benzene rings is 2. The number of amides is 1. The van der Waals surface area contributed by atoms with Crippen molar-refractivity contribution in [1.29, 1.82) is 0 Å². The van der Waals surface area contributed by atoms with Crippen molar-refractivity contribution in [3.63, 3.8) is 0 Å². The van der Waals surface area contributed by atoms with E-state index < -0.39 is 16.1 Å². The minimum atomic E-state index is -3.47. The number of hydrogen-bond acceptors (Lipinski definition) is 5. The van der Waals surface area contributed by atoms with Gasteiger partial charge >= 0.3 is 0 Å². The fourth-order valence-electron chi connectivity index (χ4n) is 2.88. The van der Waals surface area contributed by atoms with Crippen molar-refractivity contribution < 1.29 is 22.7 Å². The van der Waals surface area contributed by atoms with E-state index in [0.717, 1.165) is 12.0 Å². The molecule has 0 unspecified atom stereocenters. The molecule has 0 saturated carbocycles. The highest BCUT2D eigenvalue weighted by atomic mass is 32.2. The van der Waals surface area contributed by atoms with Gasteiger partial charge in [0.1, 0.15) is 11.5 Å². The number of hydrogen-bond donors (Lipinski definition) is 1. The summed E-state index contributed by atoms with van der Waals surface area (Å²) in [5, 5.41) is 2.81. The van der Waals surface area contributed by atoms with Crippen molar-refractivity contribution in [2.45, 2.75) is 19.4 Å². The smallest absolute Gasteiger partial charge is 0.265 e. The van der Waals surface area contributed by atoms with Crippen LogP contribution in [-0.4, -0.2) is 39.8 Å². The lowest BCUT2D eigenvalue weighted by molar-refractivity contribution is -0.122. The second-order valence-electron chi connectivity index (χ2n) is 6.14. The SMILES string of the molecule is CCOc1ccc(NC(=O)[C@H]2CCN(S(C)(=O)=O)c3ccccc3O2)cc1. The Bertz CT molecular complexity index is 912. The van der Waals surface area contributed by atoms with Gasteiger partial charge in [0.05, 0.1) is 18.6 Å². The summed E-state index contributed by atoms with van der Waals surface area (Å²) in [4.78, 5) is 12.7. The molecule has 27 heavy (non-hydrogen) atoms. The number of carbonyl (C=O) groups is 1. The molecule has 1 heterocycles. The molecule has 0 spiro atoms. The molecule has 1 aliphatic heterocycles. The first-order valence-electron chi connectivity index (χ1n) is 8.65. The highest BCUT2D eigenvalue weighted by Gasteiger charge is 2.31. The molecule has 1 N–H and O–H groups in total. The van der Waals surface area contributed by atoms with Crippen molar-refractivity contribution in [3.8, 4) is 11.5 Å². The summed E-state index contributed by atoms with van der Waals surface area (Å²) >= 11 is 0. The minimum Gasteiger partial charge on any atom is -0.494 e. The second-order valence-corrected chi connectivity index (χ2v) is 8.05. The zero-order valence-electron chi connectivity index (χ0n) is 15.2. The number of nitrogens with zero attached hydrogens (tertiary/aromatic N) is 1. The molecule has 144 valence electrons.